The number of thiazole rings is 1. The van der Waals surface area contributed by atoms with Gasteiger partial charge in [-0.05, 0) is 37.6 Å². The molecule has 1 aromatic heterocycles. The van der Waals surface area contributed by atoms with Gasteiger partial charge in [0.2, 0.25) is 5.91 Å². The highest BCUT2D eigenvalue weighted by molar-refractivity contribution is 7.09. The Bertz CT molecular complexity index is 679. The first-order valence-corrected chi connectivity index (χ1v) is 7.41. The van der Waals surface area contributed by atoms with Gasteiger partial charge in [-0.2, -0.15) is 0 Å². The molecule has 1 aromatic carbocycles. The predicted molar refractivity (Wildman–Crippen MR) is 83.5 cm³/mol. The quantitative estimate of drug-likeness (QED) is 0.912. The van der Waals surface area contributed by atoms with Crippen LogP contribution in [-0.4, -0.2) is 16.8 Å². The first-order chi connectivity index (χ1) is 9.95. The maximum Gasteiger partial charge on any atom is 0.251 e. The lowest BCUT2D eigenvalue weighted by molar-refractivity contribution is -0.114. The third kappa shape index (κ3) is 4.13. The number of hydrogen-bond donors (Lipinski definition) is 2. The van der Waals surface area contributed by atoms with Crippen LogP contribution in [0.25, 0.3) is 0 Å². The Morgan fingerprint density at radius 1 is 1.29 bits per heavy atom. The summed E-state index contributed by atoms with van der Waals surface area (Å²) in [5.41, 5.74) is 2.99. The number of benzene rings is 1. The summed E-state index contributed by atoms with van der Waals surface area (Å²) in [6.07, 6.45) is 0. The molecule has 0 aliphatic rings. The van der Waals surface area contributed by atoms with E-state index in [1.807, 2.05) is 19.2 Å². The molecule has 0 saturated carbocycles. The van der Waals surface area contributed by atoms with E-state index < -0.39 is 0 Å². The lowest BCUT2D eigenvalue weighted by atomic mass is 10.1. The van der Waals surface area contributed by atoms with E-state index in [1.165, 1.54) is 6.92 Å². The van der Waals surface area contributed by atoms with Gasteiger partial charge >= 0.3 is 0 Å². The predicted octanol–water partition coefficient (Wildman–Crippen LogP) is 2.65. The molecule has 0 aliphatic heterocycles. The minimum absolute atomic E-state index is 0.130. The molecular weight excluding hydrogens is 286 g/mol. The maximum atomic E-state index is 12.1. The van der Waals surface area contributed by atoms with Crippen LogP contribution in [0.5, 0.6) is 0 Å². The molecule has 2 amide bonds. The van der Waals surface area contributed by atoms with E-state index in [2.05, 4.69) is 15.6 Å². The molecule has 0 spiro atoms. The van der Waals surface area contributed by atoms with Crippen molar-refractivity contribution in [1.29, 1.82) is 0 Å². The average molecular weight is 303 g/mol. The van der Waals surface area contributed by atoms with Crippen molar-refractivity contribution in [3.8, 4) is 0 Å². The number of rotatable bonds is 4. The lowest BCUT2D eigenvalue weighted by Crippen LogP contribution is -2.23. The van der Waals surface area contributed by atoms with Gasteiger partial charge in [-0.3, -0.25) is 9.59 Å². The van der Waals surface area contributed by atoms with E-state index >= 15 is 0 Å². The van der Waals surface area contributed by atoms with E-state index in [1.54, 1.807) is 29.5 Å². The molecule has 1 heterocycles. The fourth-order valence-corrected chi connectivity index (χ4v) is 2.51. The fraction of sp³-hybridized carbons (Fsp3) is 0.267. The van der Waals surface area contributed by atoms with Crippen LogP contribution in [0, 0.1) is 13.8 Å². The van der Waals surface area contributed by atoms with Gasteiger partial charge in [-0.1, -0.05) is 0 Å². The summed E-state index contributed by atoms with van der Waals surface area (Å²) in [5, 5.41) is 8.47. The zero-order valence-corrected chi connectivity index (χ0v) is 13.0. The van der Waals surface area contributed by atoms with Crippen LogP contribution in [0.4, 0.5) is 5.69 Å². The summed E-state index contributed by atoms with van der Waals surface area (Å²) < 4.78 is 0. The molecule has 0 saturated heterocycles. The first-order valence-electron chi connectivity index (χ1n) is 6.53. The molecule has 0 unspecified atom stereocenters. The molecular formula is C15H17N3O2S. The van der Waals surface area contributed by atoms with Crippen molar-refractivity contribution in [2.45, 2.75) is 27.3 Å². The van der Waals surface area contributed by atoms with Crippen LogP contribution in [-0.2, 0) is 11.3 Å². The molecule has 5 nitrogen and oxygen atoms in total. The Labute approximate surface area is 127 Å². The number of aryl methyl sites for hydroxylation is 2. The zero-order chi connectivity index (χ0) is 15.4. The Hall–Kier alpha value is -2.21. The summed E-state index contributed by atoms with van der Waals surface area (Å²) >= 11 is 1.56. The molecule has 110 valence electrons. The molecule has 0 atom stereocenters. The number of carbonyl (C=O) groups is 2. The molecule has 0 bridgehead atoms. The standard InChI is InChI=1S/C15H17N3O2S/c1-9-6-12(4-5-14(9)17-10(2)19)15(20)16-7-13-8-21-11(3)18-13/h4-6,8H,7H2,1-3H3,(H,16,20)(H,17,19). The van der Waals surface area contributed by atoms with Crippen molar-refractivity contribution in [2.75, 3.05) is 5.32 Å². The molecule has 0 radical (unpaired) electrons. The Balaban J connectivity index is 2.02. The van der Waals surface area contributed by atoms with Gasteiger partial charge in [0.15, 0.2) is 0 Å². The zero-order valence-electron chi connectivity index (χ0n) is 12.2. The lowest BCUT2D eigenvalue weighted by Gasteiger charge is -2.09. The fourth-order valence-electron chi connectivity index (χ4n) is 1.90. The Morgan fingerprint density at radius 3 is 2.62 bits per heavy atom. The van der Waals surface area contributed by atoms with Crippen molar-refractivity contribution in [3.63, 3.8) is 0 Å². The molecule has 0 fully saturated rings. The summed E-state index contributed by atoms with van der Waals surface area (Å²) in [4.78, 5) is 27.4. The van der Waals surface area contributed by atoms with E-state index in [0.29, 0.717) is 17.8 Å². The number of anilines is 1. The molecule has 2 rings (SSSR count). The third-order valence-electron chi connectivity index (χ3n) is 2.90. The van der Waals surface area contributed by atoms with Crippen LogP contribution < -0.4 is 10.6 Å². The van der Waals surface area contributed by atoms with Crippen LogP contribution in [0.3, 0.4) is 0 Å². The maximum absolute atomic E-state index is 12.1. The topological polar surface area (TPSA) is 71.1 Å². The van der Waals surface area contributed by atoms with Crippen molar-refractivity contribution in [2.24, 2.45) is 0 Å². The van der Waals surface area contributed by atoms with E-state index in [4.69, 9.17) is 0 Å². The van der Waals surface area contributed by atoms with Crippen molar-refractivity contribution in [3.05, 3.63) is 45.4 Å². The molecule has 21 heavy (non-hydrogen) atoms. The minimum Gasteiger partial charge on any atom is -0.346 e. The van der Waals surface area contributed by atoms with Gasteiger partial charge < -0.3 is 10.6 Å². The number of hydrogen-bond acceptors (Lipinski definition) is 4. The molecule has 2 aromatic rings. The van der Waals surface area contributed by atoms with Crippen LogP contribution >= 0.6 is 11.3 Å². The van der Waals surface area contributed by atoms with Gasteiger partial charge in [0, 0.05) is 23.6 Å². The van der Waals surface area contributed by atoms with Crippen molar-refractivity contribution < 1.29 is 9.59 Å². The summed E-state index contributed by atoms with van der Waals surface area (Å²) in [7, 11) is 0. The van der Waals surface area contributed by atoms with Gasteiger partial charge in [-0.15, -0.1) is 11.3 Å². The van der Waals surface area contributed by atoms with Gasteiger partial charge in [0.25, 0.3) is 5.91 Å². The van der Waals surface area contributed by atoms with Gasteiger partial charge in [-0.25, -0.2) is 4.98 Å². The van der Waals surface area contributed by atoms with E-state index in [-0.39, 0.29) is 11.8 Å². The summed E-state index contributed by atoms with van der Waals surface area (Å²) in [5.74, 6) is -0.285. The SMILES string of the molecule is CC(=O)Nc1ccc(C(=O)NCc2csc(C)n2)cc1C. The molecule has 6 heteroatoms. The normalized spacial score (nSPS) is 10.2. The second-order valence-electron chi connectivity index (χ2n) is 4.75. The van der Waals surface area contributed by atoms with E-state index in [9.17, 15) is 9.59 Å². The second kappa shape index (κ2) is 6.49. The highest BCUT2D eigenvalue weighted by Gasteiger charge is 2.09. The van der Waals surface area contributed by atoms with Crippen LogP contribution in [0.2, 0.25) is 0 Å². The van der Waals surface area contributed by atoms with E-state index in [0.717, 1.165) is 16.3 Å². The highest BCUT2D eigenvalue weighted by Crippen LogP contribution is 2.16. The number of aromatic nitrogens is 1. The Morgan fingerprint density at radius 2 is 2.05 bits per heavy atom. The number of nitrogens with one attached hydrogen (secondary N) is 2. The summed E-state index contributed by atoms with van der Waals surface area (Å²) in [6, 6.07) is 5.19. The highest BCUT2D eigenvalue weighted by atomic mass is 32.1. The number of amides is 2. The average Bonchev–Trinajstić information content (AvgIpc) is 2.83. The largest absolute Gasteiger partial charge is 0.346 e. The minimum atomic E-state index is -0.155. The van der Waals surface area contributed by atoms with Gasteiger partial charge in [0.1, 0.15) is 0 Å². The Kier molecular flexibility index (Phi) is 4.70. The van der Waals surface area contributed by atoms with Gasteiger partial charge in [0.05, 0.1) is 17.2 Å². The molecule has 2 N–H and O–H groups in total. The van der Waals surface area contributed by atoms with Crippen molar-refractivity contribution >= 4 is 28.8 Å². The first kappa shape index (κ1) is 15.2. The van der Waals surface area contributed by atoms with Crippen molar-refractivity contribution in [1.82, 2.24) is 10.3 Å². The smallest absolute Gasteiger partial charge is 0.251 e. The third-order valence-corrected chi connectivity index (χ3v) is 3.72. The summed E-state index contributed by atoms with van der Waals surface area (Å²) in [6.45, 7) is 5.65. The molecule has 0 aliphatic carbocycles. The van der Waals surface area contributed by atoms with Crippen LogP contribution in [0.1, 0.15) is 33.5 Å². The number of nitrogens with zero attached hydrogens (tertiary/aromatic N) is 1. The second-order valence-corrected chi connectivity index (χ2v) is 5.81. The monoisotopic (exact) mass is 303 g/mol. The van der Waals surface area contributed by atoms with Crippen LogP contribution in [0.15, 0.2) is 23.6 Å². The number of carbonyl (C=O) groups excluding carboxylic acids is 2.